The maximum Gasteiger partial charge on any atom is 0.330 e. The predicted octanol–water partition coefficient (Wildman–Crippen LogP) is 4.06. The fraction of sp³-hybridized carbons (Fsp3) is 0.481. The third-order valence-corrected chi connectivity index (χ3v) is 6.19. The topological polar surface area (TPSA) is 115 Å². The van der Waals surface area contributed by atoms with Gasteiger partial charge in [0.25, 0.3) is 11.5 Å². The van der Waals surface area contributed by atoms with Crippen LogP contribution in [0.5, 0.6) is 5.75 Å². The zero-order chi connectivity index (χ0) is 25.8. The summed E-state index contributed by atoms with van der Waals surface area (Å²) in [4.78, 5) is 46.1. The normalized spacial score (nSPS) is 16.0. The van der Waals surface area contributed by atoms with Crippen molar-refractivity contribution in [1.29, 1.82) is 0 Å². The van der Waals surface area contributed by atoms with E-state index >= 15 is 0 Å². The fourth-order valence-electron chi connectivity index (χ4n) is 4.31. The van der Waals surface area contributed by atoms with E-state index < -0.39 is 17.2 Å². The number of hydrogen-bond acceptors (Lipinski definition) is 6. The molecule has 2 aromatic heterocycles. The number of fused-ring (bicyclic) bond motifs is 1. The van der Waals surface area contributed by atoms with Crippen molar-refractivity contribution in [2.24, 2.45) is 5.92 Å². The number of anilines is 1. The third kappa shape index (κ3) is 5.67. The van der Waals surface area contributed by atoms with Gasteiger partial charge in [0.15, 0.2) is 5.65 Å². The predicted molar refractivity (Wildman–Crippen MR) is 139 cm³/mol. The summed E-state index contributed by atoms with van der Waals surface area (Å²) in [6, 6.07) is 8.80. The summed E-state index contributed by atoms with van der Waals surface area (Å²) >= 11 is 0. The molecule has 1 aliphatic heterocycles. The van der Waals surface area contributed by atoms with Gasteiger partial charge < -0.3 is 14.8 Å². The number of carbonyl (C=O) groups is 1. The number of carbonyl (C=O) groups excluding carboxylic acids is 1. The summed E-state index contributed by atoms with van der Waals surface area (Å²) in [5.41, 5.74) is 0.308. The number of nitrogens with zero attached hydrogens (tertiary/aromatic N) is 2. The largest absolute Gasteiger partial charge is 0.489 e. The van der Waals surface area contributed by atoms with Crippen molar-refractivity contribution in [1.82, 2.24) is 14.5 Å². The van der Waals surface area contributed by atoms with E-state index in [-0.39, 0.29) is 34.5 Å². The Morgan fingerprint density at radius 2 is 2.00 bits per heavy atom. The minimum atomic E-state index is -0.637. The van der Waals surface area contributed by atoms with Crippen LogP contribution in [0.15, 0.2) is 39.9 Å². The van der Waals surface area contributed by atoms with Gasteiger partial charge in [-0.1, -0.05) is 39.8 Å². The van der Waals surface area contributed by atoms with Crippen LogP contribution in [0.25, 0.3) is 11.0 Å². The number of aromatic nitrogens is 3. The lowest BCUT2D eigenvalue weighted by molar-refractivity contribution is -0.0109. The Morgan fingerprint density at radius 1 is 1.22 bits per heavy atom. The van der Waals surface area contributed by atoms with Gasteiger partial charge in [0.05, 0.1) is 22.7 Å². The fourth-order valence-corrected chi connectivity index (χ4v) is 4.31. The van der Waals surface area contributed by atoms with Crippen molar-refractivity contribution in [3.8, 4) is 5.75 Å². The lowest BCUT2D eigenvalue weighted by Crippen LogP contribution is -2.33. The highest BCUT2D eigenvalue weighted by molar-refractivity contribution is 6.12. The summed E-state index contributed by atoms with van der Waals surface area (Å²) in [6.07, 6.45) is 3.13. The molecule has 0 bridgehead atoms. The minimum absolute atomic E-state index is 0.0195. The molecule has 0 aliphatic carbocycles. The lowest BCUT2D eigenvalue weighted by Gasteiger charge is -2.23. The molecule has 0 saturated carbocycles. The maximum atomic E-state index is 13.6. The van der Waals surface area contributed by atoms with Gasteiger partial charge in [-0.3, -0.25) is 19.1 Å². The zero-order valence-electron chi connectivity index (χ0n) is 21.3. The SMILES string of the molecule is CC(C)Cn1c(=O)[nH]c(=O)c2c(C(=O)Nc3ccccc3OCC3CCCCO3)cc(C(C)C)nc21. The summed E-state index contributed by atoms with van der Waals surface area (Å²) < 4.78 is 13.2. The molecule has 192 valence electrons. The van der Waals surface area contributed by atoms with Crippen molar-refractivity contribution >= 4 is 22.6 Å². The Balaban J connectivity index is 1.72. The maximum absolute atomic E-state index is 13.6. The van der Waals surface area contributed by atoms with Gasteiger partial charge in [-0.25, -0.2) is 9.78 Å². The quantitative estimate of drug-likeness (QED) is 0.488. The van der Waals surface area contributed by atoms with Gasteiger partial charge in [0, 0.05) is 18.8 Å². The van der Waals surface area contributed by atoms with Gasteiger partial charge in [0.2, 0.25) is 0 Å². The third-order valence-electron chi connectivity index (χ3n) is 6.19. The van der Waals surface area contributed by atoms with Gasteiger partial charge >= 0.3 is 5.69 Å². The number of amides is 1. The molecule has 1 aliphatic rings. The zero-order valence-corrected chi connectivity index (χ0v) is 21.3. The van der Waals surface area contributed by atoms with Crippen LogP contribution < -0.4 is 21.3 Å². The number of H-pyrrole nitrogens is 1. The first-order valence-electron chi connectivity index (χ1n) is 12.6. The summed E-state index contributed by atoms with van der Waals surface area (Å²) in [6.45, 7) is 9.33. The van der Waals surface area contributed by atoms with Crippen LogP contribution in [0.2, 0.25) is 0 Å². The Bertz CT molecular complexity index is 1350. The molecule has 1 fully saturated rings. The molecule has 2 N–H and O–H groups in total. The van der Waals surface area contributed by atoms with Crippen LogP contribution in [0, 0.1) is 5.92 Å². The molecular weight excluding hydrogens is 460 g/mol. The summed E-state index contributed by atoms with van der Waals surface area (Å²) in [5.74, 6) is 0.160. The van der Waals surface area contributed by atoms with Crippen molar-refractivity contribution in [2.75, 3.05) is 18.5 Å². The van der Waals surface area contributed by atoms with Crippen molar-refractivity contribution in [2.45, 2.75) is 65.5 Å². The number of hydrogen-bond donors (Lipinski definition) is 2. The van der Waals surface area contributed by atoms with Crippen LogP contribution in [-0.4, -0.2) is 39.8 Å². The highest BCUT2D eigenvalue weighted by Gasteiger charge is 2.22. The van der Waals surface area contributed by atoms with Gasteiger partial charge in [-0.15, -0.1) is 0 Å². The molecule has 9 nitrogen and oxygen atoms in total. The molecule has 1 saturated heterocycles. The smallest absolute Gasteiger partial charge is 0.330 e. The van der Waals surface area contributed by atoms with Crippen LogP contribution in [0.4, 0.5) is 5.69 Å². The number of benzene rings is 1. The van der Waals surface area contributed by atoms with Gasteiger partial charge in [0.1, 0.15) is 12.4 Å². The molecule has 3 heterocycles. The first kappa shape index (κ1) is 25.6. The molecule has 0 spiro atoms. The Morgan fingerprint density at radius 3 is 2.69 bits per heavy atom. The first-order chi connectivity index (χ1) is 17.2. The van der Waals surface area contributed by atoms with E-state index in [1.807, 2.05) is 33.8 Å². The van der Waals surface area contributed by atoms with E-state index in [1.54, 1.807) is 24.3 Å². The van der Waals surface area contributed by atoms with Gasteiger partial charge in [-0.05, 0) is 49.3 Å². The van der Waals surface area contributed by atoms with Crippen molar-refractivity contribution in [3.05, 3.63) is 62.4 Å². The molecule has 1 unspecified atom stereocenters. The van der Waals surface area contributed by atoms with E-state index in [2.05, 4.69) is 15.3 Å². The molecule has 4 rings (SSSR count). The average molecular weight is 495 g/mol. The van der Waals surface area contributed by atoms with E-state index in [4.69, 9.17) is 9.47 Å². The van der Waals surface area contributed by atoms with E-state index in [1.165, 1.54) is 4.57 Å². The highest BCUT2D eigenvalue weighted by Crippen LogP contribution is 2.27. The number of nitrogens with one attached hydrogen (secondary N) is 2. The first-order valence-corrected chi connectivity index (χ1v) is 12.6. The molecule has 36 heavy (non-hydrogen) atoms. The molecule has 0 radical (unpaired) electrons. The number of aromatic amines is 1. The minimum Gasteiger partial charge on any atom is -0.489 e. The van der Waals surface area contributed by atoms with E-state index in [0.29, 0.717) is 30.3 Å². The van der Waals surface area contributed by atoms with Crippen LogP contribution >= 0.6 is 0 Å². The van der Waals surface area contributed by atoms with E-state index in [0.717, 1.165) is 25.9 Å². The monoisotopic (exact) mass is 494 g/mol. The molecule has 9 heteroatoms. The highest BCUT2D eigenvalue weighted by atomic mass is 16.5. The number of pyridine rings is 1. The van der Waals surface area contributed by atoms with Crippen molar-refractivity contribution < 1.29 is 14.3 Å². The Hall–Kier alpha value is -3.46. The molecule has 1 amide bonds. The van der Waals surface area contributed by atoms with Crippen molar-refractivity contribution in [3.63, 3.8) is 0 Å². The number of ether oxygens (including phenoxy) is 2. The second kappa shape index (κ2) is 11.1. The number of para-hydroxylation sites is 2. The molecule has 1 aromatic carbocycles. The van der Waals surface area contributed by atoms with Crippen LogP contribution in [0.3, 0.4) is 0 Å². The summed E-state index contributed by atoms with van der Waals surface area (Å²) in [5, 5.41) is 2.99. The molecular formula is C27H34N4O5. The summed E-state index contributed by atoms with van der Waals surface area (Å²) in [7, 11) is 0. The Labute approximate surface area is 209 Å². The van der Waals surface area contributed by atoms with Crippen LogP contribution in [0.1, 0.15) is 68.9 Å². The standard InChI is InChI=1S/C27H34N4O5/c1-16(2)14-31-24-23(26(33)30-27(31)34)19(13-21(28-24)17(3)4)25(32)29-20-10-5-6-11-22(20)36-15-18-9-7-8-12-35-18/h5-6,10-11,13,16-18H,7-9,12,14-15H2,1-4H3,(H,29,32)(H,30,33,34). The molecule has 3 aromatic rings. The Kier molecular flexibility index (Phi) is 7.88. The second-order valence-corrected chi connectivity index (χ2v) is 9.96. The lowest BCUT2D eigenvalue weighted by atomic mass is 10.0. The average Bonchev–Trinajstić information content (AvgIpc) is 2.85. The second-order valence-electron chi connectivity index (χ2n) is 9.96. The number of rotatable bonds is 8. The van der Waals surface area contributed by atoms with E-state index in [9.17, 15) is 14.4 Å². The van der Waals surface area contributed by atoms with Crippen LogP contribution in [-0.2, 0) is 11.3 Å². The molecule has 1 atom stereocenters. The van der Waals surface area contributed by atoms with Gasteiger partial charge in [-0.2, -0.15) is 0 Å².